The molecule has 1 aliphatic heterocycles. The fraction of sp³-hybridized carbons (Fsp3) is 0.300. The summed E-state index contributed by atoms with van der Waals surface area (Å²) in [5, 5.41) is 14.1. The minimum Gasteiger partial charge on any atom is -0.326 e. The van der Waals surface area contributed by atoms with E-state index in [-0.39, 0.29) is 16.7 Å². The van der Waals surface area contributed by atoms with E-state index in [1.54, 1.807) is 41.1 Å². The molecule has 0 radical (unpaired) electrons. The number of hydrogen-bond acceptors (Lipinski definition) is 6. The van der Waals surface area contributed by atoms with Gasteiger partial charge in [-0.1, -0.05) is 18.2 Å². The number of carbonyl (C=O) groups is 1. The van der Waals surface area contributed by atoms with Crippen LogP contribution in [0.3, 0.4) is 0 Å². The Balaban J connectivity index is 1.37. The van der Waals surface area contributed by atoms with Gasteiger partial charge < -0.3 is 5.32 Å². The van der Waals surface area contributed by atoms with Crippen molar-refractivity contribution < 1.29 is 13.2 Å². The van der Waals surface area contributed by atoms with Crippen molar-refractivity contribution in [2.45, 2.75) is 24.7 Å². The third-order valence-corrected chi connectivity index (χ3v) is 7.18. The SMILES string of the molecule is Cc1cc(NC(=O)C2CCN(S(=O)(=O)c3ccccc3)CC2)ccc1-n1cnnn1. The number of tetrazole rings is 1. The predicted molar refractivity (Wildman–Crippen MR) is 110 cm³/mol. The second kappa shape index (κ2) is 8.33. The van der Waals surface area contributed by atoms with Crippen molar-refractivity contribution in [3.8, 4) is 5.69 Å². The first-order valence-corrected chi connectivity index (χ1v) is 11.1. The number of aromatic nitrogens is 4. The Morgan fingerprint density at radius 2 is 1.83 bits per heavy atom. The number of benzene rings is 2. The normalized spacial score (nSPS) is 15.8. The van der Waals surface area contributed by atoms with Gasteiger partial charge in [0.1, 0.15) is 6.33 Å². The van der Waals surface area contributed by atoms with Crippen LogP contribution >= 0.6 is 0 Å². The van der Waals surface area contributed by atoms with Crippen molar-refractivity contribution in [1.82, 2.24) is 24.5 Å². The van der Waals surface area contributed by atoms with E-state index in [0.717, 1.165) is 11.3 Å². The van der Waals surface area contributed by atoms with Crippen LogP contribution in [0, 0.1) is 12.8 Å². The van der Waals surface area contributed by atoms with Crippen molar-refractivity contribution >= 4 is 21.6 Å². The zero-order valence-electron chi connectivity index (χ0n) is 16.5. The topological polar surface area (TPSA) is 110 Å². The molecule has 0 bridgehead atoms. The molecule has 0 atom stereocenters. The Bertz CT molecular complexity index is 1120. The van der Waals surface area contributed by atoms with Crippen LogP contribution in [0.2, 0.25) is 0 Å². The molecule has 0 unspecified atom stereocenters. The van der Waals surface area contributed by atoms with E-state index in [9.17, 15) is 13.2 Å². The maximum absolute atomic E-state index is 12.7. The molecule has 1 aliphatic rings. The van der Waals surface area contributed by atoms with Crippen molar-refractivity contribution in [3.05, 3.63) is 60.4 Å². The quantitative estimate of drug-likeness (QED) is 0.668. The molecule has 2 heterocycles. The van der Waals surface area contributed by atoms with Crippen LogP contribution in [0.5, 0.6) is 0 Å². The van der Waals surface area contributed by atoms with E-state index in [0.29, 0.717) is 31.6 Å². The van der Waals surface area contributed by atoms with Crippen molar-refractivity contribution in [2.75, 3.05) is 18.4 Å². The highest BCUT2D eigenvalue weighted by molar-refractivity contribution is 7.89. The van der Waals surface area contributed by atoms with E-state index >= 15 is 0 Å². The van der Waals surface area contributed by atoms with Crippen molar-refractivity contribution in [3.63, 3.8) is 0 Å². The lowest BCUT2D eigenvalue weighted by molar-refractivity contribution is -0.120. The fourth-order valence-corrected chi connectivity index (χ4v) is 5.10. The maximum atomic E-state index is 12.7. The number of anilines is 1. The molecule has 4 rings (SSSR count). The van der Waals surface area contributed by atoms with Gasteiger partial charge in [0.25, 0.3) is 0 Å². The number of amides is 1. The van der Waals surface area contributed by atoms with E-state index < -0.39 is 10.0 Å². The van der Waals surface area contributed by atoms with Crippen molar-refractivity contribution in [1.29, 1.82) is 0 Å². The lowest BCUT2D eigenvalue weighted by atomic mass is 9.97. The van der Waals surface area contributed by atoms with Gasteiger partial charge in [0.05, 0.1) is 10.6 Å². The van der Waals surface area contributed by atoms with Crippen LogP contribution in [0.4, 0.5) is 5.69 Å². The Kier molecular flexibility index (Phi) is 5.60. The van der Waals surface area contributed by atoms with Crippen LogP contribution in [0.1, 0.15) is 18.4 Å². The number of nitrogens with zero attached hydrogens (tertiary/aromatic N) is 5. The molecule has 3 aromatic rings. The Morgan fingerprint density at radius 1 is 1.10 bits per heavy atom. The fourth-order valence-electron chi connectivity index (χ4n) is 3.61. The van der Waals surface area contributed by atoms with Gasteiger partial charge >= 0.3 is 0 Å². The first kappa shape index (κ1) is 20.2. The monoisotopic (exact) mass is 426 g/mol. The van der Waals surface area contributed by atoms with E-state index in [1.807, 2.05) is 19.1 Å². The third kappa shape index (κ3) is 4.10. The molecular weight excluding hydrogens is 404 g/mol. The molecule has 1 N–H and O–H groups in total. The van der Waals surface area contributed by atoms with Gasteiger partial charge in [-0.3, -0.25) is 4.79 Å². The first-order chi connectivity index (χ1) is 14.4. The minimum atomic E-state index is -3.52. The van der Waals surface area contributed by atoms with Gasteiger partial charge in [-0.05, 0) is 66.1 Å². The highest BCUT2D eigenvalue weighted by Gasteiger charge is 2.32. The summed E-state index contributed by atoms with van der Waals surface area (Å²) in [7, 11) is -3.52. The van der Waals surface area contributed by atoms with Crippen LogP contribution < -0.4 is 5.32 Å². The van der Waals surface area contributed by atoms with E-state index in [1.165, 1.54) is 10.6 Å². The maximum Gasteiger partial charge on any atom is 0.243 e. The molecule has 0 aliphatic carbocycles. The standard InChI is InChI=1S/C20H22N6O3S/c1-15-13-17(7-8-19(15)26-14-21-23-24-26)22-20(27)16-9-11-25(12-10-16)30(28,29)18-5-3-2-4-6-18/h2-8,13-14,16H,9-12H2,1H3,(H,22,27). The number of nitrogens with one attached hydrogen (secondary N) is 1. The average Bonchev–Trinajstić information content (AvgIpc) is 3.29. The number of carbonyl (C=O) groups excluding carboxylic acids is 1. The van der Waals surface area contributed by atoms with Gasteiger partial charge in [-0.25, -0.2) is 13.1 Å². The van der Waals surface area contributed by atoms with E-state index in [4.69, 9.17) is 0 Å². The van der Waals surface area contributed by atoms with Gasteiger partial charge in [-0.2, -0.15) is 4.31 Å². The molecule has 1 amide bonds. The molecule has 9 nitrogen and oxygen atoms in total. The van der Waals surface area contributed by atoms with Gasteiger partial charge in [-0.15, -0.1) is 5.10 Å². The smallest absolute Gasteiger partial charge is 0.243 e. The summed E-state index contributed by atoms with van der Waals surface area (Å²) < 4.78 is 28.5. The Morgan fingerprint density at radius 3 is 2.47 bits per heavy atom. The predicted octanol–water partition coefficient (Wildman–Crippen LogP) is 2.01. The molecule has 1 aromatic heterocycles. The largest absolute Gasteiger partial charge is 0.326 e. The summed E-state index contributed by atoms with van der Waals surface area (Å²) in [5.74, 6) is -0.326. The van der Waals surface area contributed by atoms with Crippen LogP contribution in [-0.4, -0.2) is 51.9 Å². The second-order valence-corrected chi connectivity index (χ2v) is 9.17. The summed E-state index contributed by atoms with van der Waals surface area (Å²) in [4.78, 5) is 13.0. The molecule has 156 valence electrons. The van der Waals surface area contributed by atoms with Gasteiger partial charge in [0.2, 0.25) is 15.9 Å². The molecule has 1 fully saturated rings. The summed E-state index contributed by atoms with van der Waals surface area (Å²) >= 11 is 0. The molecule has 10 heteroatoms. The summed E-state index contributed by atoms with van der Waals surface area (Å²) in [6, 6.07) is 13.9. The summed E-state index contributed by atoms with van der Waals surface area (Å²) in [5.41, 5.74) is 2.44. The molecule has 2 aromatic carbocycles. The van der Waals surface area contributed by atoms with Gasteiger partial charge in [0.15, 0.2) is 0 Å². The number of aryl methyl sites for hydroxylation is 1. The van der Waals surface area contributed by atoms with Crippen LogP contribution in [0.15, 0.2) is 59.8 Å². The number of piperidine rings is 1. The lowest BCUT2D eigenvalue weighted by Crippen LogP contribution is -2.41. The van der Waals surface area contributed by atoms with Crippen LogP contribution in [0.25, 0.3) is 5.69 Å². The zero-order valence-corrected chi connectivity index (χ0v) is 17.3. The third-order valence-electron chi connectivity index (χ3n) is 5.27. The molecule has 0 saturated carbocycles. The molecular formula is C20H22N6O3S. The molecule has 0 spiro atoms. The first-order valence-electron chi connectivity index (χ1n) is 9.65. The average molecular weight is 427 g/mol. The highest BCUT2D eigenvalue weighted by atomic mass is 32.2. The second-order valence-electron chi connectivity index (χ2n) is 7.24. The molecule has 30 heavy (non-hydrogen) atoms. The van der Waals surface area contributed by atoms with Gasteiger partial charge in [0, 0.05) is 24.7 Å². The number of rotatable bonds is 5. The summed E-state index contributed by atoms with van der Waals surface area (Å²) in [6.07, 6.45) is 2.48. The number of sulfonamides is 1. The molecule has 1 saturated heterocycles. The van der Waals surface area contributed by atoms with Crippen LogP contribution in [-0.2, 0) is 14.8 Å². The minimum absolute atomic E-state index is 0.0960. The number of hydrogen-bond donors (Lipinski definition) is 1. The van der Waals surface area contributed by atoms with E-state index in [2.05, 4.69) is 20.8 Å². The Labute approximate surface area is 174 Å². The highest BCUT2D eigenvalue weighted by Crippen LogP contribution is 2.25. The zero-order chi connectivity index (χ0) is 21.1. The Hall–Kier alpha value is -3.11. The lowest BCUT2D eigenvalue weighted by Gasteiger charge is -2.30. The van der Waals surface area contributed by atoms with Crippen molar-refractivity contribution in [2.24, 2.45) is 5.92 Å². The summed E-state index contributed by atoms with van der Waals surface area (Å²) in [6.45, 7) is 2.57.